The summed E-state index contributed by atoms with van der Waals surface area (Å²) in [6.07, 6.45) is 24.7. The maximum atomic E-state index is 11.8. The first-order valence-electron chi connectivity index (χ1n) is 12.7. The van der Waals surface area contributed by atoms with Crippen LogP contribution in [0.5, 0.6) is 0 Å². The number of carboxylic acid groups (broad SMARTS) is 1. The van der Waals surface area contributed by atoms with Crippen molar-refractivity contribution in [2.45, 2.75) is 83.3 Å². The van der Waals surface area contributed by atoms with Gasteiger partial charge in [0.15, 0.2) is 0 Å². The first-order valence-corrected chi connectivity index (χ1v) is 14.2. The molecule has 37 heavy (non-hydrogen) atoms. The monoisotopic (exact) mass is 545 g/mol. The van der Waals surface area contributed by atoms with Crippen molar-refractivity contribution in [1.82, 2.24) is 0 Å². The Labute approximate surface area is 220 Å². The normalized spacial score (nSPS) is 15.6. The second-order valence-electron chi connectivity index (χ2n) is 8.30. The molecule has 0 aromatic carbocycles. The van der Waals surface area contributed by atoms with Gasteiger partial charge in [0.25, 0.3) is 0 Å². The molecule has 0 aromatic heterocycles. The van der Waals surface area contributed by atoms with E-state index in [1.807, 2.05) is 0 Å². The van der Waals surface area contributed by atoms with Crippen molar-refractivity contribution >= 4 is 19.8 Å². The number of ether oxygens (including phenoxy) is 1. The summed E-state index contributed by atoms with van der Waals surface area (Å²) in [5.74, 6) is -1.88. The number of unbranched alkanes of at least 4 members (excludes halogenated alkanes) is 4. The van der Waals surface area contributed by atoms with Gasteiger partial charge in [0, 0.05) is 6.42 Å². The Bertz CT molecular complexity index is 780. The van der Waals surface area contributed by atoms with Crippen molar-refractivity contribution < 1.29 is 43.0 Å². The van der Waals surface area contributed by atoms with Gasteiger partial charge in [-0.1, -0.05) is 68.4 Å². The third kappa shape index (κ3) is 24.0. The molecule has 0 rings (SSSR count). The number of carboxylic acids is 1. The number of carbonyl (C=O) groups is 2. The lowest BCUT2D eigenvalue weighted by Gasteiger charge is -2.16. The van der Waals surface area contributed by atoms with Crippen LogP contribution in [0.15, 0.2) is 48.6 Å². The van der Waals surface area contributed by atoms with Crippen LogP contribution in [-0.4, -0.2) is 59.0 Å². The number of phosphoric ester groups is 1. The molecule has 3 unspecified atom stereocenters. The van der Waals surface area contributed by atoms with E-state index in [9.17, 15) is 24.2 Å². The van der Waals surface area contributed by atoms with Crippen LogP contribution < -0.4 is 5.73 Å². The minimum atomic E-state index is -4.59. The summed E-state index contributed by atoms with van der Waals surface area (Å²) in [5.41, 5.74) is 5.15. The number of aliphatic carboxylic acids is 1. The summed E-state index contributed by atoms with van der Waals surface area (Å²) in [7, 11) is -4.59. The van der Waals surface area contributed by atoms with E-state index in [2.05, 4.69) is 64.6 Å². The van der Waals surface area contributed by atoms with Gasteiger partial charge in [-0.2, -0.15) is 0 Å². The highest BCUT2D eigenvalue weighted by Gasteiger charge is 2.26. The molecule has 0 heterocycles. The quantitative estimate of drug-likeness (QED) is 0.0618. The summed E-state index contributed by atoms with van der Waals surface area (Å²) in [6.45, 7) is 0.346. The highest BCUT2D eigenvalue weighted by atomic mass is 31.2. The smallest absolute Gasteiger partial charge is 0.472 e. The molecule has 0 aliphatic heterocycles. The van der Waals surface area contributed by atoms with Gasteiger partial charge in [0.1, 0.15) is 18.8 Å². The maximum absolute atomic E-state index is 11.8. The van der Waals surface area contributed by atoms with Crippen LogP contribution in [0, 0.1) is 0 Å². The average Bonchev–Trinajstić information content (AvgIpc) is 2.86. The molecule has 0 fully saturated rings. The molecule has 5 N–H and O–H groups in total. The standard InChI is InChI=1S/C26H44NO9P/c1-2-3-4-5-6-7-8-9-10-11-12-13-14-15-16-17-18-19-25(29)34-20-23(28)21-35-37(32,33)36-22-24(27)26(30)31/h3-4,6-7,9-10,12-13,23-24,28H,2,5,8,11,14-22,27H2,1H3,(H,30,31)(H,32,33)/b4-3-,7-6-,10-9-,13-12-. The minimum Gasteiger partial charge on any atom is -0.480 e. The highest BCUT2D eigenvalue weighted by Crippen LogP contribution is 2.43. The maximum Gasteiger partial charge on any atom is 0.472 e. The van der Waals surface area contributed by atoms with Crippen LogP contribution in [0.25, 0.3) is 0 Å². The van der Waals surface area contributed by atoms with E-state index in [4.69, 9.17) is 15.6 Å². The van der Waals surface area contributed by atoms with Gasteiger partial charge in [-0.15, -0.1) is 0 Å². The van der Waals surface area contributed by atoms with Crippen LogP contribution >= 0.6 is 7.82 Å². The lowest BCUT2D eigenvalue weighted by Crippen LogP contribution is -2.34. The molecule has 0 aromatic rings. The average molecular weight is 546 g/mol. The Morgan fingerprint density at radius 2 is 1.38 bits per heavy atom. The SMILES string of the molecule is CC/C=C\C/C=C\C/C=C\C/C=C\CCCCCCC(=O)OCC(O)COP(=O)(O)OCC(N)C(=O)O. The number of rotatable bonds is 23. The number of hydrogen-bond donors (Lipinski definition) is 4. The number of allylic oxidation sites excluding steroid dienone is 8. The van der Waals surface area contributed by atoms with Gasteiger partial charge in [-0.05, 0) is 44.9 Å². The Hall–Kier alpha value is -2.07. The summed E-state index contributed by atoms with van der Waals surface area (Å²) < 4.78 is 25.5. The Morgan fingerprint density at radius 1 is 0.838 bits per heavy atom. The molecule has 0 spiro atoms. The second kappa shape index (κ2) is 23.1. The van der Waals surface area contributed by atoms with Crippen molar-refractivity contribution in [3.63, 3.8) is 0 Å². The van der Waals surface area contributed by atoms with Crippen molar-refractivity contribution in [2.75, 3.05) is 19.8 Å². The fourth-order valence-electron chi connectivity index (χ4n) is 2.76. The lowest BCUT2D eigenvalue weighted by molar-refractivity contribution is -0.147. The number of aliphatic hydroxyl groups excluding tert-OH is 1. The van der Waals surface area contributed by atoms with Crippen molar-refractivity contribution in [3.8, 4) is 0 Å². The number of aliphatic hydroxyl groups is 1. The summed E-state index contributed by atoms with van der Waals surface area (Å²) in [5, 5.41) is 18.3. The van der Waals surface area contributed by atoms with E-state index in [0.29, 0.717) is 6.42 Å². The predicted molar refractivity (Wildman–Crippen MR) is 143 cm³/mol. The Morgan fingerprint density at radius 3 is 1.97 bits per heavy atom. The van der Waals surface area contributed by atoms with Crippen LogP contribution in [0.3, 0.4) is 0 Å². The predicted octanol–water partition coefficient (Wildman–Crippen LogP) is 4.58. The molecule has 0 bridgehead atoms. The summed E-state index contributed by atoms with van der Waals surface area (Å²) >= 11 is 0. The molecule has 212 valence electrons. The number of esters is 1. The molecule has 0 radical (unpaired) electrons. The van der Waals surface area contributed by atoms with Crippen LogP contribution in [0.1, 0.15) is 71.1 Å². The third-order valence-electron chi connectivity index (χ3n) is 4.82. The minimum absolute atomic E-state index is 0.215. The first-order chi connectivity index (χ1) is 17.7. The van der Waals surface area contributed by atoms with Gasteiger partial charge >= 0.3 is 19.8 Å². The van der Waals surface area contributed by atoms with Crippen molar-refractivity contribution in [3.05, 3.63) is 48.6 Å². The largest absolute Gasteiger partial charge is 0.480 e. The molecule has 11 heteroatoms. The second-order valence-corrected chi connectivity index (χ2v) is 9.75. The highest BCUT2D eigenvalue weighted by molar-refractivity contribution is 7.47. The Balaban J connectivity index is 3.70. The molecule has 0 saturated carbocycles. The fourth-order valence-corrected chi connectivity index (χ4v) is 3.54. The zero-order valence-corrected chi connectivity index (χ0v) is 22.7. The first kappa shape index (κ1) is 34.9. The molecule has 0 aliphatic carbocycles. The number of hydrogen-bond acceptors (Lipinski definition) is 8. The van der Waals surface area contributed by atoms with Gasteiger partial charge < -0.3 is 25.6 Å². The van der Waals surface area contributed by atoms with E-state index in [0.717, 1.165) is 51.4 Å². The molecule has 0 aliphatic rings. The Kier molecular flexibility index (Phi) is 21.8. The molecular weight excluding hydrogens is 501 g/mol. The zero-order chi connectivity index (χ0) is 27.8. The lowest BCUT2D eigenvalue weighted by atomic mass is 10.1. The van der Waals surface area contributed by atoms with Crippen LogP contribution in [-0.2, 0) is 27.9 Å². The molecule has 0 amide bonds. The molecule has 10 nitrogen and oxygen atoms in total. The van der Waals surface area contributed by atoms with Gasteiger partial charge in [0.2, 0.25) is 0 Å². The van der Waals surface area contributed by atoms with E-state index in [-0.39, 0.29) is 6.42 Å². The molecular formula is C26H44NO9P. The van der Waals surface area contributed by atoms with Gasteiger partial charge in [-0.3, -0.25) is 18.6 Å². The van der Waals surface area contributed by atoms with Gasteiger partial charge in [-0.25, -0.2) is 4.57 Å². The number of phosphoric acid groups is 1. The van der Waals surface area contributed by atoms with E-state index in [1.165, 1.54) is 0 Å². The van der Waals surface area contributed by atoms with E-state index >= 15 is 0 Å². The molecule has 3 atom stereocenters. The number of carbonyl (C=O) groups excluding carboxylic acids is 1. The van der Waals surface area contributed by atoms with Crippen molar-refractivity contribution in [1.29, 1.82) is 0 Å². The zero-order valence-electron chi connectivity index (χ0n) is 21.8. The third-order valence-corrected chi connectivity index (χ3v) is 5.77. The summed E-state index contributed by atoms with van der Waals surface area (Å²) in [6, 6.07) is -1.49. The molecule has 0 saturated heterocycles. The van der Waals surface area contributed by atoms with Gasteiger partial charge in [0.05, 0.1) is 13.2 Å². The van der Waals surface area contributed by atoms with E-state index < -0.39 is 51.7 Å². The van der Waals surface area contributed by atoms with Crippen LogP contribution in [0.2, 0.25) is 0 Å². The topological polar surface area (TPSA) is 166 Å². The number of nitrogens with two attached hydrogens (primary N) is 1. The fraction of sp³-hybridized carbons (Fsp3) is 0.615. The summed E-state index contributed by atoms with van der Waals surface area (Å²) in [4.78, 5) is 31.7. The van der Waals surface area contributed by atoms with Crippen LogP contribution in [0.4, 0.5) is 0 Å². The van der Waals surface area contributed by atoms with E-state index in [1.54, 1.807) is 0 Å². The van der Waals surface area contributed by atoms with Crippen molar-refractivity contribution in [2.24, 2.45) is 5.73 Å².